The van der Waals surface area contributed by atoms with Crippen LogP contribution in [-0.4, -0.2) is 131 Å². The summed E-state index contributed by atoms with van der Waals surface area (Å²) < 4.78 is 0. The second-order valence-corrected chi connectivity index (χ2v) is 21.1. The molecule has 4 atom stereocenters. The summed E-state index contributed by atoms with van der Waals surface area (Å²) in [5.41, 5.74) is 6.76. The van der Waals surface area contributed by atoms with Crippen LogP contribution in [-0.2, 0) is 22.6 Å². The third kappa shape index (κ3) is 9.10. The second kappa shape index (κ2) is 18.4. The monoisotopic (exact) mass is 934 g/mol. The lowest BCUT2D eigenvalue weighted by molar-refractivity contribution is -0.142. The van der Waals surface area contributed by atoms with E-state index in [1.807, 2.05) is 80.5 Å². The number of H-pyrrole nitrogens is 1. The number of amides is 4. The number of hydrogen-bond acceptors (Lipinski definition) is 11. The van der Waals surface area contributed by atoms with Crippen LogP contribution in [0.15, 0.2) is 67.0 Å². The number of aliphatic hydroxyl groups excluding tert-OH is 1. The molecular formula is C53H63N11O5. The lowest BCUT2D eigenvalue weighted by Crippen LogP contribution is -2.70. The van der Waals surface area contributed by atoms with Gasteiger partial charge in [-0.2, -0.15) is 0 Å². The Balaban J connectivity index is 0.691. The van der Waals surface area contributed by atoms with Gasteiger partial charge in [-0.25, -0.2) is 14.8 Å². The number of aromatic hydroxyl groups is 1. The highest BCUT2D eigenvalue weighted by Crippen LogP contribution is 2.51. The maximum atomic E-state index is 14.2. The van der Waals surface area contributed by atoms with Crippen molar-refractivity contribution in [3.05, 3.63) is 94.9 Å². The van der Waals surface area contributed by atoms with Crippen LogP contribution >= 0.6 is 0 Å². The number of likely N-dealkylation sites (tertiary alicyclic amines) is 3. The van der Waals surface area contributed by atoms with Crippen LogP contribution in [0.1, 0.15) is 107 Å². The quantitative estimate of drug-likeness (QED) is 0.115. The summed E-state index contributed by atoms with van der Waals surface area (Å²) in [6.07, 6.45) is 8.33. The molecule has 4 amide bonds. The number of carbonyl (C=O) groups excluding carboxylic acids is 3. The number of piperidine rings is 1. The largest absolute Gasteiger partial charge is 0.507 e. The van der Waals surface area contributed by atoms with Gasteiger partial charge < -0.3 is 45.4 Å². The van der Waals surface area contributed by atoms with Crippen LogP contribution in [0.2, 0.25) is 0 Å². The van der Waals surface area contributed by atoms with Gasteiger partial charge in [-0.1, -0.05) is 51.0 Å². The lowest BCUT2D eigenvalue weighted by Gasteiger charge is -2.61. The minimum atomic E-state index is -0.879. The number of aliphatic hydroxyl groups is 1. The molecule has 69 heavy (non-hydrogen) atoms. The Labute approximate surface area is 403 Å². The van der Waals surface area contributed by atoms with Gasteiger partial charge in [0.15, 0.2) is 5.65 Å². The first-order chi connectivity index (χ1) is 33.2. The molecular weight excluding hydrogens is 871 g/mol. The number of fused-ring (bicyclic) bond motifs is 3. The topological polar surface area (TPSA) is 196 Å². The van der Waals surface area contributed by atoms with Gasteiger partial charge in [0.2, 0.25) is 17.8 Å². The Morgan fingerprint density at radius 2 is 1.71 bits per heavy atom. The maximum absolute atomic E-state index is 14.2. The zero-order chi connectivity index (χ0) is 48.2. The normalized spacial score (nSPS) is 22.1. The number of aromatic nitrogens is 5. The summed E-state index contributed by atoms with van der Waals surface area (Å²) in [6.45, 7) is 14.1. The van der Waals surface area contributed by atoms with Gasteiger partial charge in [0.25, 0.3) is 0 Å². The highest BCUT2D eigenvalue weighted by atomic mass is 16.3. The summed E-state index contributed by atoms with van der Waals surface area (Å²) in [6, 6.07) is 15.3. The number of carbonyl (C=O) groups is 3. The third-order valence-electron chi connectivity index (χ3n) is 15.4. The van der Waals surface area contributed by atoms with E-state index in [0.717, 1.165) is 85.2 Å². The summed E-state index contributed by atoms with van der Waals surface area (Å²) >= 11 is 0. The average molecular weight is 934 g/mol. The number of anilines is 1. The molecule has 1 saturated carbocycles. The third-order valence-corrected chi connectivity index (χ3v) is 15.4. The van der Waals surface area contributed by atoms with E-state index in [2.05, 4.69) is 54.4 Å². The van der Waals surface area contributed by atoms with Crippen molar-refractivity contribution < 1.29 is 24.6 Å². The summed E-state index contributed by atoms with van der Waals surface area (Å²) in [7, 11) is 0. The second-order valence-electron chi connectivity index (χ2n) is 21.1. The summed E-state index contributed by atoms with van der Waals surface area (Å²) in [5, 5.41) is 37.0. The molecule has 0 radical (unpaired) electrons. The number of β-amino-alcohol motifs (C(OH)–C–C–N with tert-alkyl or cyclic N) is 1. The first-order valence-electron chi connectivity index (χ1n) is 24.5. The molecule has 10 rings (SSSR count). The van der Waals surface area contributed by atoms with Crippen LogP contribution in [0.3, 0.4) is 0 Å². The molecule has 16 heteroatoms. The Bertz CT molecular complexity index is 2790. The molecule has 3 saturated heterocycles. The molecule has 2 aromatic carbocycles. The zero-order valence-electron chi connectivity index (χ0n) is 40.2. The average Bonchev–Trinajstić information content (AvgIpc) is 3.90. The van der Waals surface area contributed by atoms with Crippen molar-refractivity contribution >= 4 is 34.8 Å². The molecule has 4 aliphatic heterocycles. The van der Waals surface area contributed by atoms with E-state index >= 15 is 0 Å². The predicted molar refractivity (Wildman–Crippen MR) is 262 cm³/mol. The number of rotatable bonds is 9. The van der Waals surface area contributed by atoms with E-state index in [9.17, 15) is 24.6 Å². The summed E-state index contributed by atoms with van der Waals surface area (Å²) in [4.78, 5) is 62.8. The molecule has 1 aliphatic carbocycles. The maximum Gasteiger partial charge on any atom is 0.318 e. The number of benzene rings is 2. The van der Waals surface area contributed by atoms with Crippen molar-refractivity contribution in [2.75, 3.05) is 44.2 Å². The first-order valence-corrected chi connectivity index (χ1v) is 24.5. The minimum absolute atomic E-state index is 0.0118. The van der Waals surface area contributed by atoms with Crippen molar-refractivity contribution in [3.8, 4) is 28.8 Å². The van der Waals surface area contributed by atoms with Gasteiger partial charge >= 0.3 is 6.03 Å². The van der Waals surface area contributed by atoms with Crippen molar-refractivity contribution in [2.45, 2.75) is 116 Å². The van der Waals surface area contributed by atoms with Gasteiger partial charge in [0, 0.05) is 97.2 Å². The number of aromatic amines is 1. The van der Waals surface area contributed by atoms with E-state index in [-0.39, 0.29) is 54.6 Å². The van der Waals surface area contributed by atoms with Crippen molar-refractivity contribution in [3.63, 3.8) is 0 Å². The van der Waals surface area contributed by atoms with Crippen molar-refractivity contribution in [1.29, 1.82) is 0 Å². The Kier molecular flexibility index (Phi) is 12.3. The van der Waals surface area contributed by atoms with E-state index < -0.39 is 23.6 Å². The number of phenolic OH excluding ortho intramolecular Hbond substituents is 1. The molecule has 1 spiro atoms. The van der Waals surface area contributed by atoms with E-state index in [0.29, 0.717) is 42.3 Å². The van der Waals surface area contributed by atoms with Crippen molar-refractivity contribution in [1.82, 2.24) is 50.5 Å². The van der Waals surface area contributed by atoms with Gasteiger partial charge in [-0.3, -0.25) is 9.59 Å². The minimum Gasteiger partial charge on any atom is -0.507 e. The molecule has 0 unspecified atom stereocenters. The predicted octanol–water partition coefficient (Wildman–Crippen LogP) is 5.66. The van der Waals surface area contributed by atoms with Crippen LogP contribution in [0.4, 0.5) is 10.7 Å². The molecule has 5 aromatic rings. The lowest BCUT2D eigenvalue weighted by atomic mass is 9.60. The van der Waals surface area contributed by atoms with Gasteiger partial charge in [0.05, 0.1) is 17.8 Å². The van der Waals surface area contributed by atoms with Crippen LogP contribution in [0, 0.1) is 22.7 Å². The van der Waals surface area contributed by atoms with E-state index in [1.54, 1.807) is 19.1 Å². The number of para-hydroxylation sites is 1. The number of nitrogens with one attached hydrogen (secondary N) is 3. The Morgan fingerprint density at radius 3 is 2.41 bits per heavy atom. The molecule has 7 heterocycles. The zero-order valence-corrected chi connectivity index (χ0v) is 40.2. The van der Waals surface area contributed by atoms with Gasteiger partial charge in [-0.05, 0) is 105 Å². The molecule has 5 aliphatic rings. The van der Waals surface area contributed by atoms with Crippen LogP contribution < -0.4 is 15.5 Å². The standard InChI is InChI=1S/C53H63N11O5/c1-6-9-33-12-14-34(15-13-33)26-54-48(67)43-22-38(65)29-64(43)49(68)46(52(3,4)5)58-51(69)62-30-53(31-62)24-37(25-53)61-19-16-35(17-20-61)36-27-55-50(56-28-36)63-21-18-41-45(32(63)2)40-23-42(59-60-47(40)57-41)39-10-7-8-11-44(39)66/h7-8,10-15,23,27-28,32,35,37-38,43,46,65-66H,16-22,24-26,29-31H2,1-5H3,(H,54,67)(H,57,60)(H,58,69)/t32-,38-,43+,46-/m1/s1. The molecule has 0 bridgehead atoms. The fraction of sp³-hybridized carbons (Fsp3) is 0.491. The number of nitrogens with zero attached hydrogens (tertiary/aromatic N) is 8. The van der Waals surface area contributed by atoms with Crippen LogP contribution in [0.25, 0.3) is 22.3 Å². The van der Waals surface area contributed by atoms with Gasteiger partial charge in [0.1, 0.15) is 17.8 Å². The molecule has 4 fully saturated rings. The molecule has 5 N–H and O–H groups in total. The molecule has 3 aromatic heterocycles. The number of hydrogen-bond donors (Lipinski definition) is 5. The Morgan fingerprint density at radius 1 is 0.986 bits per heavy atom. The Hall–Kier alpha value is -6.57. The van der Waals surface area contributed by atoms with Gasteiger partial charge in [-0.15, -0.1) is 16.1 Å². The van der Waals surface area contributed by atoms with Crippen molar-refractivity contribution in [2.24, 2.45) is 10.8 Å². The first kappa shape index (κ1) is 46.2. The molecule has 360 valence electrons. The van der Waals surface area contributed by atoms with E-state index in [4.69, 9.17) is 9.97 Å². The highest BCUT2D eigenvalue weighted by molar-refractivity contribution is 5.93. The van der Waals surface area contributed by atoms with E-state index in [1.165, 1.54) is 10.5 Å². The number of urea groups is 1. The van der Waals surface area contributed by atoms with Crippen LogP contribution in [0.5, 0.6) is 5.75 Å². The fourth-order valence-electron chi connectivity index (χ4n) is 11.6. The fourth-order valence-corrected chi connectivity index (χ4v) is 11.6. The summed E-state index contributed by atoms with van der Waals surface area (Å²) in [5.74, 6) is 6.48. The molecule has 16 nitrogen and oxygen atoms in total. The smallest absolute Gasteiger partial charge is 0.318 e. The number of phenols is 1. The highest BCUT2D eigenvalue weighted by Gasteiger charge is 2.56. The SMILES string of the molecule is CC#Cc1ccc(CNC(=O)[C@@H]2C[C@@H](O)CN2C(=O)[C@@H](NC(=O)N2CC3(CC(N4CCC(c5cnc(N6CCc7[nH]c8nnc(-c9ccccc9O)cc8c7[C@H]6C)nc5)CC4)C3)C2)C(C)(C)C)cc1.